The summed E-state index contributed by atoms with van der Waals surface area (Å²) in [5.74, 6) is -0.787. The first-order valence-electron chi connectivity index (χ1n) is 10.5. The van der Waals surface area contributed by atoms with Crippen molar-refractivity contribution in [2.24, 2.45) is 10.9 Å². The average Bonchev–Trinajstić information content (AvgIpc) is 3.33. The van der Waals surface area contributed by atoms with Crippen molar-refractivity contribution < 1.29 is 28.7 Å². The number of carbonyl (C=O) groups excluding carboxylic acids is 3. The van der Waals surface area contributed by atoms with Gasteiger partial charge in [0.1, 0.15) is 41.6 Å². The van der Waals surface area contributed by atoms with Crippen LogP contribution < -0.4 is 20.6 Å². The molecule has 4 rings (SSSR count). The Bertz CT molecular complexity index is 1140. The van der Waals surface area contributed by atoms with Crippen LogP contribution in [0.25, 0.3) is 0 Å². The topological polar surface area (TPSA) is 148 Å². The van der Waals surface area contributed by atoms with Gasteiger partial charge in [-0.3, -0.25) is 14.5 Å². The molecule has 0 aromatic heterocycles. The largest absolute Gasteiger partial charge is 0.497 e. The number of hydrogen-bond donors (Lipinski definition) is 3. The van der Waals surface area contributed by atoms with Gasteiger partial charge in [-0.2, -0.15) is 4.83 Å². The van der Waals surface area contributed by atoms with E-state index in [4.69, 9.17) is 31.6 Å². The first kappa shape index (κ1) is 26.0. The Balaban J connectivity index is 1.44. The average molecular weight is 555 g/mol. The van der Waals surface area contributed by atoms with Crippen LogP contribution in [-0.2, 0) is 30.6 Å². The van der Waals surface area contributed by atoms with Crippen LogP contribution in [0.1, 0.15) is 5.56 Å². The Morgan fingerprint density at radius 1 is 1.31 bits per heavy atom. The monoisotopic (exact) mass is 554 g/mol. The number of amides is 2. The van der Waals surface area contributed by atoms with Crippen LogP contribution in [0, 0.1) is 0 Å². The predicted octanol–water partition coefficient (Wildman–Crippen LogP) is 0.817. The van der Waals surface area contributed by atoms with Crippen molar-refractivity contribution in [3.05, 3.63) is 52.3 Å². The zero-order valence-corrected chi connectivity index (χ0v) is 21.6. The predicted molar refractivity (Wildman–Crippen MR) is 135 cm³/mol. The van der Waals surface area contributed by atoms with Crippen LogP contribution in [0.2, 0.25) is 0 Å². The van der Waals surface area contributed by atoms with Gasteiger partial charge in [0.2, 0.25) is 0 Å². The summed E-state index contributed by atoms with van der Waals surface area (Å²) in [6.07, 6.45) is 1.46. The molecule has 0 bridgehead atoms. The molecule has 15 heteroatoms. The number of ether oxygens (including phenoxy) is 2. The van der Waals surface area contributed by atoms with E-state index in [2.05, 4.69) is 15.3 Å². The first-order valence-corrected chi connectivity index (χ1v) is 12.9. The second-order valence-corrected chi connectivity index (χ2v) is 9.79. The van der Waals surface area contributed by atoms with Gasteiger partial charge in [-0.1, -0.05) is 17.3 Å². The lowest BCUT2D eigenvalue weighted by molar-refractivity contribution is -0.153. The number of nitrogens with zero attached hydrogens (tertiary/aromatic N) is 3. The Morgan fingerprint density at radius 3 is 2.67 bits per heavy atom. The van der Waals surface area contributed by atoms with Gasteiger partial charge in [0.25, 0.3) is 17.6 Å². The maximum Gasteiger partial charge on any atom is 0.355 e. The van der Waals surface area contributed by atoms with Crippen LogP contribution >= 0.6 is 35.3 Å². The molecule has 192 valence electrons. The van der Waals surface area contributed by atoms with E-state index in [1.807, 2.05) is 0 Å². The molecular formula is C21H23ClN6O6S2. The zero-order chi connectivity index (χ0) is 25.8. The number of nitrogens with one attached hydrogen (secondary N) is 2. The Morgan fingerprint density at radius 2 is 2.06 bits per heavy atom. The highest BCUT2D eigenvalue weighted by Crippen LogP contribution is 2.41. The molecular weight excluding hydrogens is 532 g/mol. The van der Waals surface area contributed by atoms with Crippen LogP contribution in [0.15, 0.2) is 51.9 Å². The maximum atomic E-state index is 13.1. The molecule has 2 amide bonds. The number of fused-ring (bicyclic) bond motifs is 1. The highest BCUT2D eigenvalue weighted by Gasteiger charge is 2.54. The van der Waals surface area contributed by atoms with Crippen molar-refractivity contribution in [1.82, 2.24) is 20.1 Å². The van der Waals surface area contributed by atoms with Gasteiger partial charge in [-0.05, 0) is 35.2 Å². The van der Waals surface area contributed by atoms with Crippen molar-refractivity contribution in [2.45, 2.75) is 18.0 Å². The number of thioether (sulfide) groups is 1. The van der Waals surface area contributed by atoms with Gasteiger partial charge in [0.15, 0.2) is 0 Å². The minimum atomic E-state index is -0.887. The number of amidine groups is 1. The Labute approximate surface area is 220 Å². The summed E-state index contributed by atoms with van der Waals surface area (Å²) >= 11 is 8.55. The normalized spacial score (nSPS) is 21.5. The summed E-state index contributed by atoms with van der Waals surface area (Å²) in [6.45, 7) is 0.0102. The van der Waals surface area contributed by atoms with Gasteiger partial charge in [-0.15, -0.1) is 23.4 Å². The first-order chi connectivity index (χ1) is 17.4. The highest BCUT2D eigenvalue weighted by molar-refractivity contribution is 8.01. The SMILES string of the molecule is CO/N=C(/C(=O)NC1C(=O)N2C(C(=O)OCc3ccc(OC)cc3)=C(CCl)CS[C@@H]12)N1C=C(N)SN1. The van der Waals surface area contributed by atoms with Crippen LogP contribution in [0.5, 0.6) is 5.75 Å². The van der Waals surface area contributed by atoms with Gasteiger partial charge in [0.05, 0.1) is 13.3 Å². The third-order valence-corrected chi connectivity index (χ3v) is 7.64. The van der Waals surface area contributed by atoms with Crippen LogP contribution in [-0.4, -0.2) is 70.8 Å². The fraction of sp³-hybridized carbons (Fsp3) is 0.333. The number of oxime groups is 1. The quantitative estimate of drug-likeness (QED) is 0.0836. The van der Waals surface area contributed by atoms with E-state index in [1.165, 1.54) is 35.0 Å². The number of hydrogen-bond acceptors (Lipinski definition) is 11. The lowest BCUT2D eigenvalue weighted by atomic mass is 10.0. The number of rotatable bonds is 7. The number of nitrogens with two attached hydrogens (primary N) is 1. The molecule has 0 spiro atoms. The molecule has 36 heavy (non-hydrogen) atoms. The minimum absolute atomic E-state index is 0.0102. The number of alkyl halides is 1. The third kappa shape index (κ3) is 5.21. The highest BCUT2D eigenvalue weighted by atomic mass is 35.5. The summed E-state index contributed by atoms with van der Waals surface area (Å²) < 4.78 is 10.6. The second kappa shape index (κ2) is 11.3. The third-order valence-electron chi connectivity index (χ3n) is 5.34. The minimum Gasteiger partial charge on any atom is -0.497 e. The molecule has 0 saturated carbocycles. The number of benzene rings is 1. The number of halogens is 1. The number of β-lactam (4-membered cyclic amide) rings is 1. The van der Waals surface area contributed by atoms with E-state index in [0.29, 0.717) is 22.1 Å². The van der Waals surface area contributed by atoms with Crippen LogP contribution in [0.4, 0.5) is 0 Å². The zero-order valence-electron chi connectivity index (χ0n) is 19.2. The standard InChI is InChI=1S/C21H23ClN6O6S2/c1-32-13-5-3-11(4-6-13)9-34-21(31)16-12(7-22)10-35-20-15(19(30)28(16)20)24-18(29)17(25-33-2)27-8-14(23)36-26-27/h3-6,8,15,20,26H,7,9-10,23H2,1-2H3,(H,24,29)/b25-17-/t15?,20-/m0/s1. The maximum absolute atomic E-state index is 13.1. The number of carbonyl (C=O) groups is 3. The summed E-state index contributed by atoms with van der Waals surface area (Å²) in [5.41, 5.74) is 7.16. The van der Waals surface area contributed by atoms with Crippen molar-refractivity contribution in [3.63, 3.8) is 0 Å². The molecule has 1 fully saturated rings. The summed E-state index contributed by atoms with van der Waals surface area (Å²) in [4.78, 5) is 47.8. The number of esters is 1. The molecule has 0 radical (unpaired) electrons. The summed E-state index contributed by atoms with van der Waals surface area (Å²) in [6, 6.07) is 6.18. The Kier molecular flexibility index (Phi) is 8.18. The molecule has 3 aliphatic heterocycles. The molecule has 2 atom stereocenters. The van der Waals surface area contributed by atoms with E-state index in [1.54, 1.807) is 31.4 Å². The van der Waals surface area contributed by atoms with Crippen molar-refractivity contribution in [1.29, 1.82) is 0 Å². The van der Waals surface area contributed by atoms with Gasteiger partial charge < -0.3 is 25.4 Å². The summed E-state index contributed by atoms with van der Waals surface area (Å²) in [7, 11) is 2.85. The van der Waals surface area contributed by atoms with E-state index >= 15 is 0 Å². The van der Waals surface area contributed by atoms with Gasteiger partial charge in [-0.25, -0.2) is 9.80 Å². The summed E-state index contributed by atoms with van der Waals surface area (Å²) in [5, 5.41) is 7.57. The molecule has 3 heterocycles. The molecule has 1 aromatic carbocycles. The van der Waals surface area contributed by atoms with E-state index in [9.17, 15) is 14.4 Å². The van der Waals surface area contributed by atoms with Crippen molar-refractivity contribution >= 4 is 58.9 Å². The van der Waals surface area contributed by atoms with E-state index in [0.717, 1.165) is 17.5 Å². The Hall–Kier alpha value is -3.07. The van der Waals surface area contributed by atoms with E-state index in [-0.39, 0.29) is 24.0 Å². The molecule has 3 aliphatic rings. The van der Waals surface area contributed by atoms with Crippen molar-refractivity contribution in [2.75, 3.05) is 25.9 Å². The molecule has 0 aliphatic carbocycles. The smallest absolute Gasteiger partial charge is 0.355 e. The molecule has 4 N–H and O–H groups in total. The lowest BCUT2D eigenvalue weighted by Gasteiger charge is -2.49. The molecule has 1 unspecified atom stereocenters. The van der Waals surface area contributed by atoms with Gasteiger partial charge >= 0.3 is 5.97 Å². The molecule has 1 aromatic rings. The van der Waals surface area contributed by atoms with Crippen molar-refractivity contribution in [3.8, 4) is 5.75 Å². The van der Waals surface area contributed by atoms with E-state index < -0.39 is 29.2 Å². The number of hydrazine groups is 1. The fourth-order valence-electron chi connectivity index (χ4n) is 3.59. The second-order valence-electron chi connectivity index (χ2n) is 7.56. The lowest BCUT2D eigenvalue weighted by Crippen LogP contribution is -2.71. The number of methoxy groups -OCH3 is 1. The van der Waals surface area contributed by atoms with Gasteiger partial charge in [0, 0.05) is 11.6 Å². The fourth-order valence-corrected chi connectivity index (χ4v) is 5.77. The molecule has 12 nitrogen and oxygen atoms in total. The van der Waals surface area contributed by atoms with Crippen LogP contribution in [0.3, 0.4) is 0 Å². The molecule has 1 saturated heterocycles.